The number of nitrogens with one attached hydrogen (secondary N) is 1. The average molecular weight is 286 g/mol. The van der Waals surface area contributed by atoms with Gasteiger partial charge in [0, 0.05) is 19.1 Å². The van der Waals surface area contributed by atoms with Crippen molar-refractivity contribution in [2.75, 3.05) is 7.05 Å². The van der Waals surface area contributed by atoms with E-state index in [1.54, 1.807) is 19.2 Å². The minimum absolute atomic E-state index is 0.0439. The number of rotatable bonds is 6. The van der Waals surface area contributed by atoms with Crippen molar-refractivity contribution in [1.29, 1.82) is 0 Å². The van der Waals surface area contributed by atoms with Gasteiger partial charge >= 0.3 is 0 Å². The highest BCUT2D eigenvalue weighted by Crippen LogP contribution is 2.29. The van der Waals surface area contributed by atoms with Crippen LogP contribution in [0.3, 0.4) is 0 Å². The molecule has 0 atom stereocenters. The molecule has 108 valence electrons. The largest absolute Gasteiger partial charge is 0.447 e. The van der Waals surface area contributed by atoms with Gasteiger partial charge in [-0.05, 0) is 25.0 Å². The van der Waals surface area contributed by atoms with Crippen LogP contribution >= 0.6 is 0 Å². The first-order valence-electron chi connectivity index (χ1n) is 6.71. The van der Waals surface area contributed by atoms with Gasteiger partial charge in [0.05, 0.1) is 6.54 Å². The summed E-state index contributed by atoms with van der Waals surface area (Å²) in [7, 11) is -1.85. The van der Waals surface area contributed by atoms with E-state index in [2.05, 4.69) is 5.32 Å². The lowest BCUT2D eigenvalue weighted by Crippen LogP contribution is -2.41. The van der Waals surface area contributed by atoms with Gasteiger partial charge in [-0.1, -0.05) is 20.3 Å². The zero-order valence-corrected chi connectivity index (χ0v) is 12.5. The highest BCUT2D eigenvalue weighted by Gasteiger charge is 2.33. The molecule has 0 bridgehead atoms. The summed E-state index contributed by atoms with van der Waals surface area (Å²) in [6.45, 7) is 4.61. The molecule has 6 heteroatoms. The van der Waals surface area contributed by atoms with Crippen LogP contribution in [0.2, 0.25) is 0 Å². The van der Waals surface area contributed by atoms with E-state index in [-0.39, 0.29) is 11.1 Å². The van der Waals surface area contributed by atoms with Crippen LogP contribution in [0, 0.1) is 0 Å². The first-order chi connectivity index (χ1) is 8.91. The number of furan rings is 1. The SMILES string of the molecule is CC(C)NCc1ccc(S(=O)(=O)N(C)C2CCC2)o1. The summed E-state index contributed by atoms with van der Waals surface area (Å²) < 4.78 is 31.5. The Bertz CT molecular complexity index is 518. The predicted molar refractivity (Wildman–Crippen MR) is 73.3 cm³/mol. The third-order valence-electron chi connectivity index (χ3n) is 3.54. The molecule has 1 saturated carbocycles. The molecule has 1 heterocycles. The van der Waals surface area contributed by atoms with Crippen molar-refractivity contribution in [3.05, 3.63) is 17.9 Å². The van der Waals surface area contributed by atoms with Crippen LogP contribution in [0.5, 0.6) is 0 Å². The highest BCUT2D eigenvalue weighted by atomic mass is 32.2. The van der Waals surface area contributed by atoms with Crippen LogP contribution < -0.4 is 5.32 Å². The Labute approximate surface area is 115 Å². The number of sulfonamides is 1. The maximum absolute atomic E-state index is 12.3. The molecule has 0 unspecified atom stereocenters. The molecule has 0 aliphatic heterocycles. The Kier molecular flexibility index (Phi) is 4.32. The first-order valence-corrected chi connectivity index (χ1v) is 8.15. The van der Waals surface area contributed by atoms with Crippen LogP contribution in [0.25, 0.3) is 0 Å². The summed E-state index contributed by atoms with van der Waals surface area (Å²) in [5.74, 6) is 0.647. The van der Waals surface area contributed by atoms with Gasteiger partial charge in [0.2, 0.25) is 5.09 Å². The van der Waals surface area contributed by atoms with Gasteiger partial charge < -0.3 is 9.73 Å². The summed E-state index contributed by atoms with van der Waals surface area (Å²) in [4.78, 5) is 0. The van der Waals surface area contributed by atoms with Crippen LogP contribution in [-0.2, 0) is 16.6 Å². The lowest BCUT2D eigenvalue weighted by Gasteiger charge is -2.33. The van der Waals surface area contributed by atoms with Crippen molar-refractivity contribution in [3.8, 4) is 0 Å². The minimum Gasteiger partial charge on any atom is -0.447 e. The van der Waals surface area contributed by atoms with Crippen LogP contribution in [-0.4, -0.2) is 31.9 Å². The molecule has 2 rings (SSSR count). The van der Waals surface area contributed by atoms with Crippen molar-refractivity contribution in [3.63, 3.8) is 0 Å². The smallest absolute Gasteiger partial charge is 0.276 e. The van der Waals surface area contributed by atoms with Gasteiger partial charge in [0.25, 0.3) is 10.0 Å². The Morgan fingerprint density at radius 1 is 1.42 bits per heavy atom. The zero-order chi connectivity index (χ0) is 14.0. The monoisotopic (exact) mass is 286 g/mol. The van der Waals surface area contributed by atoms with Gasteiger partial charge in [0.15, 0.2) is 0 Å². The molecule has 1 aromatic heterocycles. The number of hydrogen-bond acceptors (Lipinski definition) is 4. The number of nitrogens with zero attached hydrogens (tertiary/aromatic N) is 1. The molecule has 1 aromatic rings. The molecule has 19 heavy (non-hydrogen) atoms. The van der Waals surface area contributed by atoms with Crippen molar-refractivity contribution < 1.29 is 12.8 Å². The van der Waals surface area contributed by atoms with Crippen LogP contribution in [0.15, 0.2) is 21.6 Å². The molecule has 5 nitrogen and oxygen atoms in total. The molecule has 0 amide bonds. The van der Waals surface area contributed by atoms with Gasteiger partial charge in [0.1, 0.15) is 5.76 Å². The van der Waals surface area contributed by atoms with Crippen molar-refractivity contribution >= 4 is 10.0 Å². The zero-order valence-electron chi connectivity index (χ0n) is 11.7. The summed E-state index contributed by atoms with van der Waals surface area (Å²) >= 11 is 0. The second kappa shape index (κ2) is 5.64. The Hall–Kier alpha value is -0.850. The van der Waals surface area contributed by atoms with E-state index < -0.39 is 10.0 Å². The summed E-state index contributed by atoms with van der Waals surface area (Å²) in [5.41, 5.74) is 0. The summed E-state index contributed by atoms with van der Waals surface area (Å²) in [6, 6.07) is 3.73. The number of hydrogen-bond donors (Lipinski definition) is 1. The molecule has 0 aromatic carbocycles. The van der Waals surface area contributed by atoms with Crippen molar-refractivity contribution in [2.24, 2.45) is 0 Å². The van der Waals surface area contributed by atoms with Gasteiger partial charge in [-0.3, -0.25) is 0 Å². The molecule has 1 fully saturated rings. The normalized spacial score (nSPS) is 17.1. The maximum Gasteiger partial charge on any atom is 0.276 e. The molecule has 0 spiro atoms. The summed E-state index contributed by atoms with van der Waals surface area (Å²) in [6.07, 6.45) is 2.99. The first kappa shape index (κ1) is 14.6. The standard InChI is InChI=1S/C13H22N2O3S/c1-10(2)14-9-12-7-8-13(18-12)19(16,17)15(3)11-5-4-6-11/h7-8,10-11,14H,4-6,9H2,1-3H3. The third kappa shape index (κ3) is 3.19. The van der Waals surface area contributed by atoms with Crippen molar-refractivity contribution in [2.45, 2.75) is 56.8 Å². The Balaban J connectivity index is 2.08. The van der Waals surface area contributed by atoms with Crippen LogP contribution in [0.1, 0.15) is 38.9 Å². The predicted octanol–water partition coefficient (Wildman–Crippen LogP) is 1.95. The van der Waals surface area contributed by atoms with E-state index in [0.717, 1.165) is 19.3 Å². The molecule has 1 aliphatic rings. The average Bonchev–Trinajstić information content (AvgIpc) is 2.72. The van der Waals surface area contributed by atoms with E-state index in [1.807, 2.05) is 13.8 Å². The van der Waals surface area contributed by atoms with Gasteiger partial charge in [-0.15, -0.1) is 0 Å². The molecule has 0 saturated heterocycles. The van der Waals surface area contributed by atoms with Crippen LogP contribution in [0.4, 0.5) is 0 Å². The highest BCUT2D eigenvalue weighted by molar-refractivity contribution is 7.89. The van der Waals surface area contributed by atoms with Gasteiger partial charge in [-0.2, -0.15) is 4.31 Å². The van der Waals surface area contributed by atoms with E-state index in [4.69, 9.17) is 4.42 Å². The molecule has 0 radical (unpaired) electrons. The third-order valence-corrected chi connectivity index (χ3v) is 5.33. The molecular weight excluding hydrogens is 264 g/mol. The quantitative estimate of drug-likeness (QED) is 0.868. The fourth-order valence-corrected chi connectivity index (χ4v) is 3.32. The topological polar surface area (TPSA) is 62.6 Å². The lowest BCUT2D eigenvalue weighted by atomic mass is 9.94. The lowest BCUT2D eigenvalue weighted by molar-refractivity contribution is 0.244. The maximum atomic E-state index is 12.3. The molecule has 1 aliphatic carbocycles. The van der Waals surface area contributed by atoms with E-state index in [9.17, 15) is 8.42 Å². The van der Waals surface area contributed by atoms with E-state index >= 15 is 0 Å². The molecular formula is C13H22N2O3S. The Morgan fingerprint density at radius 2 is 2.11 bits per heavy atom. The molecule has 1 N–H and O–H groups in total. The van der Waals surface area contributed by atoms with E-state index in [1.165, 1.54) is 4.31 Å². The Morgan fingerprint density at radius 3 is 2.63 bits per heavy atom. The second-order valence-electron chi connectivity index (χ2n) is 5.36. The minimum atomic E-state index is -3.48. The fourth-order valence-electron chi connectivity index (χ4n) is 1.99. The summed E-state index contributed by atoms with van der Waals surface area (Å²) in [5, 5.41) is 3.24. The van der Waals surface area contributed by atoms with E-state index in [0.29, 0.717) is 18.3 Å². The van der Waals surface area contributed by atoms with Gasteiger partial charge in [-0.25, -0.2) is 8.42 Å². The fraction of sp³-hybridized carbons (Fsp3) is 0.692. The van der Waals surface area contributed by atoms with Crippen molar-refractivity contribution in [1.82, 2.24) is 9.62 Å². The second-order valence-corrected chi connectivity index (χ2v) is 7.29.